The number of allylic oxidation sites excluding steroid dienone is 2. The Labute approximate surface area is 140 Å². The quantitative estimate of drug-likeness (QED) is 0.787. The smallest absolute Gasteiger partial charge is 0.207 e. The molecule has 6 heteroatoms. The molecule has 23 heavy (non-hydrogen) atoms. The van der Waals surface area contributed by atoms with Crippen LogP contribution in [0.2, 0.25) is 0 Å². The van der Waals surface area contributed by atoms with E-state index in [-0.39, 0.29) is 0 Å². The van der Waals surface area contributed by atoms with E-state index < -0.39 is 11.2 Å². The molecule has 2 fully saturated rings. The fourth-order valence-electron chi connectivity index (χ4n) is 3.83. The summed E-state index contributed by atoms with van der Waals surface area (Å²) in [6.07, 6.45) is 13.0. The molecular formula is C17H24N4OS. The molecule has 0 amide bonds. The molecule has 124 valence electrons. The summed E-state index contributed by atoms with van der Waals surface area (Å²) >= 11 is -1.02. The molecule has 4 rings (SSSR count). The van der Waals surface area contributed by atoms with E-state index in [0.717, 1.165) is 28.4 Å². The van der Waals surface area contributed by atoms with E-state index in [9.17, 15) is 4.55 Å². The average Bonchev–Trinajstić information content (AvgIpc) is 3.33. The summed E-state index contributed by atoms with van der Waals surface area (Å²) in [7, 11) is 1.91. The monoisotopic (exact) mass is 332 g/mol. The van der Waals surface area contributed by atoms with Crippen molar-refractivity contribution in [1.82, 2.24) is 10.3 Å². The third-order valence-corrected chi connectivity index (χ3v) is 6.45. The van der Waals surface area contributed by atoms with Crippen molar-refractivity contribution < 1.29 is 4.55 Å². The van der Waals surface area contributed by atoms with Gasteiger partial charge in [0.1, 0.15) is 12.1 Å². The molecule has 0 aromatic heterocycles. The van der Waals surface area contributed by atoms with E-state index in [1.165, 1.54) is 37.8 Å². The van der Waals surface area contributed by atoms with E-state index in [1.807, 2.05) is 13.3 Å². The lowest BCUT2D eigenvalue weighted by atomic mass is 9.71. The molecule has 4 aliphatic rings. The number of hydrogen-bond acceptors (Lipinski definition) is 5. The topological polar surface area (TPSA) is 63.1 Å². The molecule has 0 saturated heterocycles. The molecule has 0 spiro atoms. The van der Waals surface area contributed by atoms with Crippen LogP contribution in [0.15, 0.2) is 32.7 Å². The Balaban J connectivity index is 1.74. The predicted molar refractivity (Wildman–Crippen MR) is 94.2 cm³/mol. The lowest BCUT2D eigenvalue weighted by molar-refractivity contribution is 0.236. The molecule has 2 unspecified atom stereocenters. The summed E-state index contributed by atoms with van der Waals surface area (Å²) in [6, 6.07) is 0. The van der Waals surface area contributed by atoms with E-state index in [4.69, 9.17) is 4.99 Å². The number of fused-ring (bicyclic) bond motifs is 1. The Hall–Kier alpha value is -1.27. The van der Waals surface area contributed by atoms with Crippen LogP contribution in [-0.2, 0) is 11.2 Å². The SMILES string of the molecule is CNC1=CC(C(C2CCC2)C2CC2)=NC2=C([S+](C)[O-])CC=NN12. The second-order valence-corrected chi connectivity index (χ2v) is 8.29. The van der Waals surface area contributed by atoms with Crippen molar-refractivity contribution in [2.24, 2.45) is 27.8 Å². The van der Waals surface area contributed by atoms with E-state index in [2.05, 4.69) is 16.5 Å². The largest absolute Gasteiger partial charge is 0.612 e. The third-order valence-electron chi connectivity index (χ3n) is 5.40. The first-order valence-electron chi connectivity index (χ1n) is 8.56. The minimum absolute atomic E-state index is 0.569. The zero-order valence-electron chi connectivity index (χ0n) is 13.8. The normalized spacial score (nSPS) is 27.0. The van der Waals surface area contributed by atoms with Crippen molar-refractivity contribution in [2.45, 2.75) is 38.5 Å². The molecule has 0 aromatic carbocycles. The highest BCUT2D eigenvalue weighted by Gasteiger charge is 2.43. The molecule has 5 nitrogen and oxygen atoms in total. The van der Waals surface area contributed by atoms with Crippen LogP contribution in [0.1, 0.15) is 38.5 Å². The van der Waals surface area contributed by atoms with Gasteiger partial charge in [-0.1, -0.05) is 6.42 Å². The molecule has 2 saturated carbocycles. The first kappa shape index (κ1) is 15.3. The molecule has 2 aliphatic carbocycles. The Morgan fingerprint density at radius 1 is 1.30 bits per heavy atom. The minimum Gasteiger partial charge on any atom is -0.612 e. The second-order valence-electron chi connectivity index (χ2n) is 6.89. The molecule has 2 aliphatic heterocycles. The average molecular weight is 332 g/mol. The van der Waals surface area contributed by atoms with Crippen molar-refractivity contribution in [3.63, 3.8) is 0 Å². The Bertz CT molecular complexity index is 614. The van der Waals surface area contributed by atoms with Gasteiger partial charge < -0.3 is 9.87 Å². The van der Waals surface area contributed by atoms with Gasteiger partial charge in [-0.15, -0.1) is 0 Å². The van der Waals surface area contributed by atoms with Crippen LogP contribution in [-0.4, -0.2) is 34.8 Å². The Morgan fingerprint density at radius 2 is 2.04 bits per heavy atom. The standard InChI is InChI=1S/C17H24N4OS/c1-18-15-10-13(16(12-6-7-12)11-4-3-5-11)20-17-14(23(2)22)8-9-19-21(15)17/h9-12,16,18H,3-8H2,1-2H3. The van der Waals surface area contributed by atoms with Gasteiger partial charge in [0.2, 0.25) is 5.82 Å². The van der Waals surface area contributed by atoms with E-state index >= 15 is 0 Å². The fourth-order valence-corrected chi connectivity index (χ4v) is 4.53. The number of nitrogens with zero attached hydrogens (tertiary/aromatic N) is 3. The molecule has 0 aromatic rings. The lowest BCUT2D eigenvalue weighted by Crippen LogP contribution is -2.37. The number of aliphatic imine (C=N–C) groups is 1. The zero-order valence-corrected chi connectivity index (χ0v) is 14.6. The van der Waals surface area contributed by atoms with Gasteiger partial charge >= 0.3 is 0 Å². The predicted octanol–water partition coefficient (Wildman–Crippen LogP) is 2.57. The van der Waals surface area contributed by atoms with Gasteiger partial charge in [0, 0.05) is 25.3 Å². The van der Waals surface area contributed by atoms with Gasteiger partial charge in [0.05, 0.1) is 12.1 Å². The summed E-state index contributed by atoms with van der Waals surface area (Å²) in [5.74, 6) is 3.86. The number of nitrogens with one attached hydrogen (secondary N) is 1. The summed E-state index contributed by atoms with van der Waals surface area (Å²) in [5.41, 5.74) is 1.17. The van der Waals surface area contributed by atoms with Crippen molar-refractivity contribution in [2.75, 3.05) is 13.3 Å². The van der Waals surface area contributed by atoms with Crippen LogP contribution in [0.25, 0.3) is 0 Å². The van der Waals surface area contributed by atoms with Gasteiger partial charge in [-0.3, -0.25) is 0 Å². The Kier molecular flexibility index (Phi) is 3.97. The van der Waals surface area contributed by atoms with Crippen LogP contribution in [0, 0.1) is 17.8 Å². The van der Waals surface area contributed by atoms with Crippen LogP contribution < -0.4 is 5.32 Å². The fraction of sp³-hybridized carbons (Fsp3) is 0.647. The van der Waals surface area contributed by atoms with Gasteiger partial charge in [-0.05, 0) is 48.7 Å². The van der Waals surface area contributed by atoms with Gasteiger partial charge in [-0.2, -0.15) is 10.1 Å². The highest BCUT2D eigenvalue weighted by atomic mass is 32.2. The summed E-state index contributed by atoms with van der Waals surface area (Å²) in [4.78, 5) is 5.84. The minimum atomic E-state index is -1.02. The van der Waals surface area contributed by atoms with Gasteiger partial charge in [0.25, 0.3) is 0 Å². The maximum atomic E-state index is 12.1. The molecule has 0 bridgehead atoms. The van der Waals surface area contributed by atoms with Crippen LogP contribution in [0.3, 0.4) is 0 Å². The van der Waals surface area contributed by atoms with Crippen LogP contribution >= 0.6 is 0 Å². The molecule has 2 heterocycles. The van der Waals surface area contributed by atoms with Crippen molar-refractivity contribution in [1.29, 1.82) is 0 Å². The number of hydrogen-bond donors (Lipinski definition) is 1. The van der Waals surface area contributed by atoms with Crippen molar-refractivity contribution in [3.8, 4) is 0 Å². The number of hydrazone groups is 1. The van der Waals surface area contributed by atoms with E-state index in [1.54, 1.807) is 11.3 Å². The van der Waals surface area contributed by atoms with E-state index in [0.29, 0.717) is 12.3 Å². The first-order chi connectivity index (χ1) is 11.2. The second kappa shape index (κ2) is 5.98. The third kappa shape index (κ3) is 2.72. The maximum absolute atomic E-state index is 12.1. The van der Waals surface area contributed by atoms with Crippen LogP contribution in [0.5, 0.6) is 0 Å². The molecule has 2 atom stereocenters. The Morgan fingerprint density at radius 3 is 2.61 bits per heavy atom. The van der Waals surface area contributed by atoms with Gasteiger partial charge in [-0.25, -0.2) is 4.99 Å². The van der Waals surface area contributed by atoms with Crippen molar-refractivity contribution >= 4 is 23.1 Å². The van der Waals surface area contributed by atoms with Crippen molar-refractivity contribution in [3.05, 3.63) is 22.6 Å². The highest BCUT2D eigenvalue weighted by Crippen LogP contribution is 2.48. The molecule has 0 radical (unpaired) electrons. The summed E-state index contributed by atoms with van der Waals surface area (Å²) in [6.45, 7) is 0. The highest BCUT2D eigenvalue weighted by molar-refractivity contribution is 7.94. The van der Waals surface area contributed by atoms with Gasteiger partial charge in [0.15, 0.2) is 4.91 Å². The molecular weight excluding hydrogens is 308 g/mol. The van der Waals surface area contributed by atoms with Crippen LogP contribution in [0.4, 0.5) is 0 Å². The lowest BCUT2D eigenvalue weighted by Gasteiger charge is -2.37. The number of rotatable bonds is 5. The first-order valence-corrected chi connectivity index (χ1v) is 10.1. The zero-order chi connectivity index (χ0) is 16.0. The molecule has 1 N–H and O–H groups in total. The maximum Gasteiger partial charge on any atom is 0.207 e. The summed E-state index contributed by atoms with van der Waals surface area (Å²) in [5, 5.41) is 9.49. The summed E-state index contributed by atoms with van der Waals surface area (Å²) < 4.78 is 12.1.